The van der Waals surface area contributed by atoms with E-state index < -0.39 is 88.2 Å². The van der Waals surface area contributed by atoms with Crippen LogP contribution in [0, 0.1) is 52.3 Å². The monoisotopic (exact) mass is 1940 g/mol. The first-order valence-corrected chi connectivity index (χ1v) is 51.1. The van der Waals surface area contributed by atoms with Gasteiger partial charge in [0.05, 0.1) is 194 Å². The van der Waals surface area contributed by atoms with Gasteiger partial charge in [0, 0.05) is 57.4 Å². The number of rotatable bonds is 58. The molecule has 36 nitrogen and oxygen atoms in total. The van der Waals surface area contributed by atoms with Gasteiger partial charge in [-0.3, -0.25) is 58.5 Å². The average molecular weight is 1940 g/mol. The highest BCUT2D eigenvalue weighted by atomic mass is 16.6. The summed E-state index contributed by atoms with van der Waals surface area (Å²) in [6.45, 7) is 20.7. The van der Waals surface area contributed by atoms with Crippen molar-refractivity contribution in [2.45, 2.75) is 250 Å². The normalized spacial score (nSPS) is 24.6. The van der Waals surface area contributed by atoms with Crippen LogP contribution in [0.25, 0.3) is 0 Å². The number of aliphatic hydroxyl groups is 1. The summed E-state index contributed by atoms with van der Waals surface area (Å²) in [5.74, 6) is -3.39. The van der Waals surface area contributed by atoms with Crippen LogP contribution in [-0.4, -0.2) is 294 Å². The molecule has 14 atom stereocenters. The van der Waals surface area contributed by atoms with E-state index >= 15 is 0 Å². The lowest BCUT2D eigenvalue weighted by atomic mass is 9.49. The zero-order chi connectivity index (χ0) is 99.0. The van der Waals surface area contributed by atoms with Crippen molar-refractivity contribution in [1.29, 1.82) is 0 Å². The number of Topliss-reactive ketones (excluding diaryl/α,β-unsaturated/α-hetero) is 2. The number of alkyl carbamates (subject to hydrolysis) is 1. The number of amides is 8. The number of ether oxygens (including phenoxy) is 10. The Morgan fingerprint density at radius 2 is 1.12 bits per heavy atom. The molecule has 1 unspecified atom stereocenters. The molecular weight excluding hydrogens is 1770 g/mol. The topological polar surface area (TPSA) is 442 Å². The largest absolute Gasteiger partial charge is 0.508 e. The van der Waals surface area contributed by atoms with Crippen molar-refractivity contribution >= 4 is 59.0 Å². The number of unbranched alkanes of at least 4 members (excludes halogenated alkanes) is 1. The van der Waals surface area contributed by atoms with Gasteiger partial charge in [-0.15, -0.1) is 11.1 Å². The van der Waals surface area contributed by atoms with Crippen molar-refractivity contribution in [2.24, 2.45) is 52.3 Å². The highest BCUT2D eigenvalue weighted by molar-refractivity contribution is 6.01. The molecule has 0 bridgehead atoms. The summed E-state index contributed by atoms with van der Waals surface area (Å²) in [4.78, 5) is 139. The van der Waals surface area contributed by atoms with Gasteiger partial charge in [0.15, 0.2) is 11.6 Å². The lowest BCUT2D eigenvalue weighted by Crippen LogP contribution is -2.60. The number of nitrogens with zero attached hydrogens (tertiary/aromatic N) is 3. The van der Waals surface area contributed by atoms with E-state index in [0.29, 0.717) is 174 Å². The minimum atomic E-state index is -1.31. The molecule has 11 rings (SSSR count). The third-order valence-electron chi connectivity index (χ3n) is 30.3. The van der Waals surface area contributed by atoms with E-state index in [-0.39, 0.29) is 118 Å². The molecule has 13 N–H and O–H groups in total. The number of imide groups is 1. The van der Waals surface area contributed by atoms with Crippen molar-refractivity contribution < 1.29 is 110 Å². The number of aliphatic hydroxyl groups excluding tert-OH is 1. The summed E-state index contributed by atoms with van der Waals surface area (Å²) in [7, 11) is 8.26. The third-order valence-corrected chi connectivity index (χ3v) is 30.3. The molecule has 0 aromatic heterocycles. The second-order valence-electron chi connectivity index (χ2n) is 41.6. The number of benzene rings is 2. The van der Waals surface area contributed by atoms with Gasteiger partial charge in [-0.2, -0.15) is 0 Å². The van der Waals surface area contributed by atoms with Crippen molar-refractivity contribution in [3.63, 3.8) is 0 Å². The quantitative estimate of drug-likeness (QED) is 0.0184. The first-order valence-electron chi connectivity index (χ1n) is 51.1. The molecule has 138 heavy (non-hydrogen) atoms. The van der Waals surface area contributed by atoms with Crippen LogP contribution in [0.5, 0.6) is 5.75 Å². The first-order chi connectivity index (χ1) is 66.2. The molecule has 8 amide bonds. The van der Waals surface area contributed by atoms with Crippen LogP contribution in [0.2, 0.25) is 0 Å². The second kappa shape index (κ2) is 53.6. The molecule has 7 aliphatic carbocycles. The van der Waals surface area contributed by atoms with E-state index in [2.05, 4.69) is 94.1 Å². The zero-order valence-electron chi connectivity index (χ0n) is 84.1. The van der Waals surface area contributed by atoms with Crippen LogP contribution in [0.3, 0.4) is 0 Å². The Labute approximate surface area is 816 Å². The van der Waals surface area contributed by atoms with Crippen LogP contribution in [-0.2, 0) is 121 Å². The lowest BCUT2D eigenvalue weighted by Gasteiger charge is -2.56. The van der Waals surface area contributed by atoms with Crippen molar-refractivity contribution in [3.8, 4) is 5.75 Å². The fourth-order valence-electron chi connectivity index (χ4n) is 22.3. The van der Waals surface area contributed by atoms with Gasteiger partial charge in [0.1, 0.15) is 30.5 Å². The summed E-state index contributed by atoms with van der Waals surface area (Å²) in [5.41, 5.74) is 20.1. The summed E-state index contributed by atoms with van der Waals surface area (Å²) in [6.07, 6.45) is 15.9. The van der Waals surface area contributed by atoms with Gasteiger partial charge in [-0.25, -0.2) is 4.79 Å². The highest BCUT2D eigenvalue weighted by Crippen LogP contribution is 2.60. The maximum Gasteiger partial charge on any atom is 0.407 e. The van der Waals surface area contributed by atoms with Gasteiger partial charge in [0.2, 0.25) is 41.4 Å². The molecule has 36 heteroatoms. The number of ketones is 2. The summed E-state index contributed by atoms with van der Waals surface area (Å²) < 4.78 is 58.1. The number of likely N-dealkylation sites (N-methyl/N-ethyl adjacent to an activating group) is 1. The van der Waals surface area contributed by atoms with Gasteiger partial charge < -0.3 is 105 Å². The molecule has 0 spiro atoms. The van der Waals surface area contributed by atoms with Gasteiger partial charge >= 0.3 is 6.09 Å². The maximum absolute atomic E-state index is 15.0. The molecule has 0 radical (unpaired) electrons. The Balaban J connectivity index is 0.603. The molecule has 2 heterocycles. The van der Waals surface area contributed by atoms with E-state index in [1.165, 1.54) is 23.9 Å². The number of nitrogens with one attached hydrogen (secondary N) is 11. The Morgan fingerprint density at radius 3 is 1.73 bits per heavy atom. The number of carbonyl (C=O) groups excluding carboxylic acids is 10. The molecular formula is C102H163N14O22+. The third kappa shape index (κ3) is 31.3. The molecule has 2 aromatic rings. The smallest absolute Gasteiger partial charge is 0.407 e. The van der Waals surface area contributed by atoms with Gasteiger partial charge in [0.25, 0.3) is 0 Å². The number of aryl methyl sites for hydroxylation is 2. The minimum Gasteiger partial charge on any atom is -0.508 e. The number of hydrogen-bond donors (Lipinski definition) is 13. The second-order valence-corrected chi connectivity index (χ2v) is 41.6. The molecule has 9 aliphatic rings. The molecule has 2 aromatic carbocycles. The number of phenols is 1. The summed E-state index contributed by atoms with van der Waals surface area (Å²) >= 11 is 0. The van der Waals surface area contributed by atoms with Gasteiger partial charge in [-0.1, -0.05) is 98.4 Å². The number of fused-ring (bicyclic) bond motifs is 7. The van der Waals surface area contributed by atoms with E-state index in [1.54, 1.807) is 19.9 Å². The van der Waals surface area contributed by atoms with Crippen LogP contribution >= 0.6 is 0 Å². The molecule has 772 valence electrons. The highest BCUT2D eigenvalue weighted by Gasteiger charge is 2.59. The van der Waals surface area contributed by atoms with Crippen LogP contribution < -0.4 is 59.1 Å². The summed E-state index contributed by atoms with van der Waals surface area (Å²) in [5, 5.41) is 45.5. The Bertz CT molecular complexity index is 4440. The van der Waals surface area contributed by atoms with Crippen LogP contribution in [0.4, 0.5) is 4.79 Å². The summed E-state index contributed by atoms with van der Waals surface area (Å²) in [6, 6.07) is 8.02. The van der Waals surface area contributed by atoms with Crippen LogP contribution in [0.15, 0.2) is 59.2 Å². The van der Waals surface area contributed by atoms with E-state index in [1.807, 2.05) is 61.2 Å². The number of hydrogen-bond acceptors (Lipinski definition) is 28. The molecule has 3 saturated carbocycles. The standard InChI is InChI=1S/C102H162N14O22/c1-68(2)92(85(120)61-69(3)94(124)107-81(65-117)84(119)63-70-22-23-71-25-32-87-99(4,77(71)62-70)36-17-38-101(87,6)96(126)109-97(127)102(7)39-18-37-100(5)78-64-73(118)27-24-72(78)26-33-88(100)102)108-95(125)80(106-90(122)35-46-130-50-54-134-57-59-135-55-51-131-47-42-105-98(128)138-66-76-74-28-30-79-82(31-29-75(74)76)114(8)112-110-79)19-15-16-40-103-91(123)67-137-86-21-14-12-13-20-83-93(86)111-113-115(83)43-48-132-52-56-136-60-58-133-53-49-129-45-34-89(121)104-41-44-116(9,10)11/h22-24,27,62,64,68-69,74-76,80-81,86-88,92,110-113,117H,12-21,25-26,28-61,63,65-67H2,1-11H3,(H7-,103,104,105,106,107,108,109,118,121,122,123,124,125,126,127,128)/p+1/t69-,74+,75-,76+,80-,81+,86?,87-,88-,92+,99-,100-,101+,102+/m1/s1. The maximum atomic E-state index is 15.0. The number of quaternary nitrogens is 1. The fraction of sp³-hybridized carbons (Fsp3) is 0.745. The Hall–Kier alpha value is -8.50. The van der Waals surface area contributed by atoms with Crippen molar-refractivity contribution in [1.82, 2.24) is 69.2 Å². The van der Waals surface area contributed by atoms with Crippen molar-refractivity contribution in [3.05, 3.63) is 87.0 Å². The molecule has 3 fully saturated rings. The molecule has 0 saturated heterocycles. The fourth-order valence-corrected chi connectivity index (χ4v) is 22.3. The number of allylic oxidation sites excluding steroid dienone is 3. The van der Waals surface area contributed by atoms with Gasteiger partial charge in [-0.05, 0) is 202 Å². The number of hydrazine groups is 4. The number of aromatic hydroxyl groups is 1. The van der Waals surface area contributed by atoms with E-state index in [4.69, 9.17) is 47.4 Å². The SMILES string of the molecule is CC(C)[C@H](NC(=O)[C@@H](CCCCNC(=O)COC1CCCCCC2=C1NNN2CCOCCOCCOCCOCCC(=O)NCC[N+](C)(C)C)NC(=O)CCOCCOCCOCCOCCNC(=O)OC[C@@H]1[C@@H]2CCC3=C(CC[C@@H]21)NNN3C)C(=O)C[C@@H](C)C(=O)N[C@@H](CO)C(=O)Cc1ccc2c(c1)[C@@]1(C)CCC[C@](C)(C(=O)NC(=O)[C@@]3(C)CCC[C@]4(C)c5cc(O)ccc5CC[C@@H]34)[C@@H]1CC2. The first kappa shape index (κ1) is 110. The predicted octanol–water partition coefficient (Wildman–Crippen LogP) is 6.80. The van der Waals surface area contributed by atoms with E-state index in [9.17, 15) is 58.2 Å². The van der Waals surface area contributed by atoms with E-state index in [0.717, 1.165) is 135 Å². The zero-order valence-corrected chi connectivity index (χ0v) is 84.1. The average Bonchev–Trinajstić information content (AvgIpc) is 1.21. The Morgan fingerprint density at radius 1 is 0.536 bits per heavy atom. The number of phenolic OH excluding ortho intramolecular Hbond substituents is 1. The van der Waals surface area contributed by atoms with Crippen LogP contribution in [0.1, 0.15) is 224 Å². The number of carbonyl (C=O) groups is 10. The minimum absolute atomic E-state index is 0.00819. The Kier molecular flexibility index (Phi) is 42.6. The predicted molar refractivity (Wildman–Crippen MR) is 516 cm³/mol. The lowest BCUT2D eigenvalue weighted by molar-refractivity contribution is -0.869. The molecule has 2 aliphatic heterocycles. The van der Waals surface area contributed by atoms with Crippen molar-refractivity contribution in [2.75, 3.05) is 186 Å².